The zero-order chi connectivity index (χ0) is 13.9. The molecule has 1 aromatic carbocycles. The first-order valence-corrected chi connectivity index (χ1v) is 7.78. The molecule has 0 radical (unpaired) electrons. The van der Waals surface area contributed by atoms with Crippen LogP contribution in [0.3, 0.4) is 0 Å². The SMILES string of the molecule is CCOc1ccc(NS(=O)(=O)NC2CC2)cc1CN. The Morgan fingerprint density at radius 1 is 1.42 bits per heavy atom. The van der Waals surface area contributed by atoms with Gasteiger partial charge in [-0.25, -0.2) is 0 Å². The number of hydrogen-bond acceptors (Lipinski definition) is 4. The molecule has 0 heterocycles. The van der Waals surface area contributed by atoms with Crippen LogP contribution in [-0.2, 0) is 16.8 Å². The lowest BCUT2D eigenvalue weighted by Gasteiger charge is -2.12. The van der Waals surface area contributed by atoms with E-state index in [0.717, 1.165) is 18.4 Å². The van der Waals surface area contributed by atoms with Crippen LogP contribution in [0.2, 0.25) is 0 Å². The number of ether oxygens (including phenoxy) is 1. The Labute approximate surface area is 113 Å². The summed E-state index contributed by atoms with van der Waals surface area (Å²) in [6, 6.07) is 5.16. The summed E-state index contributed by atoms with van der Waals surface area (Å²) in [4.78, 5) is 0. The number of nitrogens with one attached hydrogen (secondary N) is 2. The summed E-state index contributed by atoms with van der Waals surface area (Å²) in [5.74, 6) is 0.683. The third-order valence-corrected chi connectivity index (χ3v) is 3.88. The predicted octanol–water partition coefficient (Wildman–Crippen LogP) is 0.953. The minimum Gasteiger partial charge on any atom is -0.494 e. The van der Waals surface area contributed by atoms with Crippen LogP contribution in [0.5, 0.6) is 5.75 Å². The van der Waals surface area contributed by atoms with Gasteiger partial charge in [0.15, 0.2) is 0 Å². The average molecular weight is 285 g/mol. The van der Waals surface area contributed by atoms with Crippen LogP contribution in [0.15, 0.2) is 18.2 Å². The van der Waals surface area contributed by atoms with Gasteiger partial charge in [-0.15, -0.1) is 0 Å². The zero-order valence-electron chi connectivity index (χ0n) is 10.8. The average Bonchev–Trinajstić information content (AvgIpc) is 3.14. The summed E-state index contributed by atoms with van der Waals surface area (Å²) < 4.78 is 34.0. The molecule has 0 aromatic heterocycles. The molecule has 1 saturated carbocycles. The lowest BCUT2D eigenvalue weighted by Crippen LogP contribution is -2.31. The van der Waals surface area contributed by atoms with Crippen molar-refractivity contribution >= 4 is 15.9 Å². The molecule has 0 amide bonds. The molecule has 1 aromatic rings. The van der Waals surface area contributed by atoms with E-state index in [1.54, 1.807) is 18.2 Å². The van der Waals surface area contributed by atoms with Gasteiger partial charge >= 0.3 is 0 Å². The highest BCUT2D eigenvalue weighted by Crippen LogP contribution is 2.24. The summed E-state index contributed by atoms with van der Waals surface area (Å²) >= 11 is 0. The minimum atomic E-state index is -3.50. The van der Waals surface area contributed by atoms with Gasteiger partial charge in [-0.05, 0) is 38.0 Å². The molecule has 0 spiro atoms. The van der Waals surface area contributed by atoms with Crippen LogP contribution >= 0.6 is 0 Å². The highest BCUT2D eigenvalue weighted by molar-refractivity contribution is 7.90. The Hall–Kier alpha value is -1.31. The summed E-state index contributed by atoms with van der Waals surface area (Å²) in [7, 11) is -3.50. The first-order valence-electron chi connectivity index (χ1n) is 6.30. The highest BCUT2D eigenvalue weighted by atomic mass is 32.2. The van der Waals surface area contributed by atoms with Crippen molar-refractivity contribution < 1.29 is 13.2 Å². The maximum absolute atomic E-state index is 11.8. The topological polar surface area (TPSA) is 93.4 Å². The third kappa shape index (κ3) is 4.09. The van der Waals surface area contributed by atoms with E-state index in [0.29, 0.717) is 24.6 Å². The Balaban J connectivity index is 2.11. The molecular formula is C12H19N3O3S. The maximum atomic E-state index is 11.8. The van der Waals surface area contributed by atoms with Gasteiger partial charge in [-0.3, -0.25) is 4.72 Å². The van der Waals surface area contributed by atoms with Crippen molar-refractivity contribution in [3.63, 3.8) is 0 Å². The van der Waals surface area contributed by atoms with Crippen molar-refractivity contribution in [2.45, 2.75) is 32.4 Å². The van der Waals surface area contributed by atoms with Crippen molar-refractivity contribution in [3.05, 3.63) is 23.8 Å². The lowest BCUT2D eigenvalue weighted by molar-refractivity contribution is 0.336. The molecule has 1 fully saturated rings. The maximum Gasteiger partial charge on any atom is 0.299 e. The second-order valence-corrected chi connectivity index (χ2v) is 5.90. The number of anilines is 1. The first kappa shape index (κ1) is 14.1. The van der Waals surface area contributed by atoms with Gasteiger partial charge < -0.3 is 10.5 Å². The van der Waals surface area contributed by atoms with Crippen molar-refractivity contribution in [1.29, 1.82) is 0 Å². The van der Waals surface area contributed by atoms with Gasteiger partial charge in [0.2, 0.25) is 0 Å². The smallest absolute Gasteiger partial charge is 0.299 e. The fourth-order valence-corrected chi connectivity index (χ4v) is 2.87. The standard InChI is InChI=1S/C12H19N3O3S/c1-2-18-12-6-5-11(7-9(12)8-13)15-19(16,17)14-10-3-4-10/h5-7,10,14-15H,2-4,8,13H2,1H3. The van der Waals surface area contributed by atoms with Crippen molar-refractivity contribution in [3.8, 4) is 5.75 Å². The lowest BCUT2D eigenvalue weighted by atomic mass is 10.2. The molecular weight excluding hydrogens is 266 g/mol. The molecule has 1 aliphatic carbocycles. The van der Waals surface area contributed by atoms with Crippen LogP contribution in [0.25, 0.3) is 0 Å². The van der Waals surface area contributed by atoms with Crippen molar-refractivity contribution in [2.24, 2.45) is 5.73 Å². The predicted molar refractivity (Wildman–Crippen MR) is 74.2 cm³/mol. The third-order valence-electron chi connectivity index (χ3n) is 2.73. The molecule has 106 valence electrons. The molecule has 0 atom stereocenters. The molecule has 19 heavy (non-hydrogen) atoms. The summed E-state index contributed by atoms with van der Waals surface area (Å²) in [5.41, 5.74) is 6.89. The fraction of sp³-hybridized carbons (Fsp3) is 0.500. The van der Waals surface area contributed by atoms with E-state index in [-0.39, 0.29) is 6.04 Å². The van der Waals surface area contributed by atoms with E-state index in [1.807, 2.05) is 6.92 Å². The van der Waals surface area contributed by atoms with E-state index in [4.69, 9.17) is 10.5 Å². The van der Waals surface area contributed by atoms with Crippen molar-refractivity contribution in [2.75, 3.05) is 11.3 Å². The quantitative estimate of drug-likeness (QED) is 0.695. The van der Waals surface area contributed by atoms with Gasteiger partial charge in [-0.1, -0.05) is 0 Å². The van der Waals surface area contributed by atoms with Crippen LogP contribution in [0.1, 0.15) is 25.3 Å². The molecule has 0 saturated heterocycles. The van der Waals surface area contributed by atoms with Crippen molar-refractivity contribution in [1.82, 2.24) is 4.72 Å². The molecule has 4 N–H and O–H groups in total. The van der Waals surface area contributed by atoms with E-state index in [1.165, 1.54) is 0 Å². The number of nitrogens with two attached hydrogens (primary N) is 1. The Morgan fingerprint density at radius 2 is 2.16 bits per heavy atom. The van der Waals surface area contributed by atoms with Gasteiger partial charge in [0.1, 0.15) is 5.75 Å². The second kappa shape index (κ2) is 5.77. The summed E-state index contributed by atoms with van der Waals surface area (Å²) in [6.07, 6.45) is 1.80. The number of benzene rings is 1. The van der Waals surface area contributed by atoms with Crippen LogP contribution < -0.4 is 19.9 Å². The molecule has 0 unspecified atom stereocenters. The van der Waals surface area contributed by atoms with Crippen LogP contribution in [0, 0.1) is 0 Å². The molecule has 6 nitrogen and oxygen atoms in total. The number of rotatable bonds is 7. The monoisotopic (exact) mass is 285 g/mol. The second-order valence-electron chi connectivity index (χ2n) is 4.46. The van der Waals surface area contributed by atoms with Crippen LogP contribution in [-0.4, -0.2) is 21.1 Å². The zero-order valence-corrected chi connectivity index (χ0v) is 11.7. The van der Waals surface area contributed by atoms with Gasteiger partial charge in [0.25, 0.3) is 10.2 Å². The Kier molecular flexibility index (Phi) is 4.28. The summed E-state index contributed by atoms with van der Waals surface area (Å²) in [5, 5.41) is 0. The largest absolute Gasteiger partial charge is 0.494 e. The Morgan fingerprint density at radius 3 is 2.74 bits per heavy atom. The minimum absolute atomic E-state index is 0.0779. The van der Waals surface area contributed by atoms with E-state index in [9.17, 15) is 8.42 Å². The Bertz CT molecular complexity index is 541. The molecule has 2 rings (SSSR count). The molecule has 1 aliphatic rings. The highest BCUT2D eigenvalue weighted by Gasteiger charge is 2.26. The number of hydrogen-bond donors (Lipinski definition) is 3. The van der Waals surface area contributed by atoms with Crippen LogP contribution in [0.4, 0.5) is 5.69 Å². The summed E-state index contributed by atoms with van der Waals surface area (Å²) in [6.45, 7) is 2.72. The van der Waals surface area contributed by atoms with E-state index in [2.05, 4.69) is 9.44 Å². The van der Waals surface area contributed by atoms with E-state index < -0.39 is 10.2 Å². The van der Waals surface area contributed by atoms with Gasteiger partial charge in [-0.2, -0.15) is 13.1 Å². The van der Waals surface area contributed by atoms with E-state index >= 15 is 0 Å². The molecule has 0 aliphatic heterocycles. The first-order chi connectivity index (χ1) is 9.04. The molecule has 7 heteroatoms. The molecule has 0 bridgehead atoms. The normalized spacial score (nSPS) is 15.3. The van der Waals surface area contributed by atoms with Gasteiger partial charge in [0, 0.05) is 18.2 Å². The fourth-order valence-electron chi connectivity index (χ4n) is 1.70. The van der Waals surface area contributed by atoms with Gasteiger partial charge in [0.05, 0.1) is 12.3 Å².